The predicted octanol–water partition coefficient (Wildman–Crippen LogP) is 4.27. The highest BCUT2D eigenvalue weighted by atomic mass is 16.5. The predicted molar refractivity (Wildman–Crippen MR) is 204 cm³/mol. The van der Waals surface area contributed by atoms with Gasteiger partial charge in [-0.2, -0.15) is 0 Å². The average molecular weight is 725 g/mol. The Morgan fingerprint density at radius 3 is 2.38 bits per heavy atom. The largest absolute Gasteiger partial charge is 0.493 e. The number of aryl methyl sites for hydroxylation is 1. The third-order valence-corrected chi connectivity index (χ3v) is 9.97. The van der Waals surface area contributed by atoms with Crippen molar-refractivity contribution in [3.05, 3.63) is 86.1 Å². The van der Waals surface area contributed by atoms with Gasteiger partial charge in [0.1, 0.15) is 11.9 Å². The van der Waals surface area contributed by atoms with E-state index < -0.39 is 12.1 Å². The third-order valence-electron chi connectivity index (χ3n) is 9.97. The van der Waals surface area contributed by atoms with Crippen molar-refractivity contribution in [3.8, 4) is 28.4 Å². The highest BCUT2D eigenvalue weighted by Gasteiger charge is 2.31. The molecule has 0 spiro atoms. The lowest BCUT2D eigenvalue weighted by molar-refractivity contribution is -0.134. The molecule has 3 aromatic carbocycles. The summed E-state index contributed by atoms with van der Waals surface area (Å²) < 4.78 is 17.3. The molecule has 2 amide bonds. The summed E-state index contributed by atoms with van der Waals surface area (Å²) in [5.74, 6) is 1.87. The maximum absolute atomic E-state index is 14.1. The van der Waals surface area contributed by atoms with E-state index in [0.29, 0.717) is 97.1 Å². The van der Waals surface area contributed by atoms with Gasteiger partial charge in [0.05, 0.1) is 50.5 Å². The molecule has 280 valence electrons. The number of fused-ring (bicyclic) bond motifs is 4. The molecule has 0 radical (unpaired) electrons. The Morgan fingerprint density at radius 2 is 1.70 bits per heavy atom. The van der Waals surface area contributed by atoms with Crippen LogP contribution in [-0.2, 0) is 22.6 Å². The molecule has 13 heteroatoms. The van der Waals surface area contributed by atoms with Crippen molar-refractivity contribution in [2.24, 2.45) is 5.92 Å². The Balaban J connectivity index is 1.27. The first-order valence-corrected chi connectivity index (χ1v) is 18.0. The standard InChI is InChI=1S/C40H48N6O7/c1-23(2)19-32(40(50)46-17-15-45(16-18-46)22-35-43-29-10-8-7-9-27(29)39(49)44-35)42-31-14-12-26-28(21-33(31)48)30(41-24(3)47)13-11-25-20-34(51-4)37(52-5)38(53-6)36(25)26/h7-10,12,14,20-21,23,30,32H,11,13,15-19,22H2,1-6H3,(H,41,47)(H,42,48)(H,43,44,49)/t30-,32+/m0/s1. The van der Waals surface area contributed by atoms with E-state index in [4.69, 9.17) is 14.2 Å². The first-order valence-electron chi connectivity index (χ1n) is 18.0. The molecular formula is C40H48N6O7. The van der Waals surface area contributed by atoms with Crippen LogP contribution in [0, 0.1) is 5.92 Å². The lowest BCUT2D eigenvalue weighted by Gasteiger charge is -2.36. The van der Waals surface area contributed by atoms with Gasteiger partial charge < -0.3 is 34.7 Å². The lowest BCUT2D eigenvalue weighted by Crippen LogP contribution is -2.53. The summed E-state index contributed by atoms with van der Waals surface area (Å²) in [6.45, 7) is 8.22. The van der Waals surface area contributed by atoms with Crippen LogP contribution < -0.4 is 35.8 Å². The Hall–Kier alpha value is -5.43. The fraction of sp³-hybridized carbons (Fsp3) is 0.425. The highest BCUT2D eigenvalue weighted by Crippen LogP contribution is 2.50. The van der Waals surface area contributed by atoms with E-state index >= 15 is 0 Å². The number of para-hydroxylation sites is 1. The first-order chi connectivity index (χ1) is 25.5. The molecule has 13 nitrogen and oxygen atoms in total. The van der Waals surface area contributed by atoms with Crippen LogP contribution in [0.25, 0.3) is 22.0 Å². The number of ether oxygens (including phenoxy) is 3. The first kappa shape index (κ1) is 37.3. The van der Waals surface area contributed by atoms with Crippen LogP contribution in [0.5, 0.6) is 17.2 Å². The van der Waals surface area contributed by atoms with E-state index in [2.05, 4.69) is 25.5 Å². The van der Waals surface area contributed by atoms with Gasteiger partial charge in [0.2, 0.25) is 23.0 Å². The van der Waals surface area contributed by atoms with E-state index in [1.807, 2.05) is 49.1 Å². The number of nitrogens with zero attached hydrogens (tertiary/aromatic N) is 3. The number of nitrogens with one attached hydrogen (secondary N) is 3. The van der Waals surface area contributed by atoms with Gasteiger partial charge in [0.15, 0.2) is 11.5 Å². The lowest BCUT2D eigenvalue weighted by atomic mass is 9.95. The molecular weight excluding hydrogens is 676 g/mol. The van der Waals surface area contributed by atoms with Crippen molar-refractivity contribution >= 4 is 28.4 Å². The van der Waals surface area contributed by atoms with Gasteiger partial charge >= 0.3 is 0 Å². The van der Waals surface area contributed by atoms with Crippen LogP contribution in [0.1, 0.15) is 56.6 Å². The fourth-order valence-electron chi connectivity index (χ4n) is 7.48. The molecule has 0 unspecified atom stereocenters. The monoisotopic (exact) mass is 724 g/mol. The summed E-state index contributed by atoms with van der Waals surface area (Å²) in [5.41, 5.74) is 3.51. The average Bonchev–Trinajstić information content (AvgIpc) is 3.38. The molecule has 3 N–H and O–H groups in total. The van der Waals surface area contributed by atoms with Crippen LogP contribution in [0.3, 0.4) is 0 Å². The van der Waals surface area contributed by atoms with Crippen molar-refractivity contribution in [1.29, 1.82) is 0 Å². The zero-order chi connectivity index (χ0) is 37.8. The van der Waals surface area contributed by atoms with Crippen LogP contribution in [0.2, 0.25) is 0 Å². The van der Waals surface area contributed by atoms with Gasteiger partial charge in [-0.15, -0.1) is 0 Å². The molecule has 0 saturated carbocycles. The minimum atomic E-state index is -0.646. The Kier molecular flexibility index (Phi) is 11.3. The Bertz CT molecular complexity index is 2130. The molecule has 1 aromatic heterocycles. The normalized spacial score (nSPS) is 16.3. The van der Waals surface area contributed by atoms with Crippen molar-refractivity contribution < 1.29 is 23.8 Å². The summed E-state index contributed by atoms with van der Waals surface area (Å²) in [5, 5.41) is 6.92. The van der Waals surface area contributed by atoms with E-state index in [1.165, 1.54) is 6.92 Å². The van der Waals surface area contributed by atoms with Crippen LogP contribution in [0.15, 0.2) is 58.1 Å². The zero-order valence-corrected chi connectivity index (χ0v) is 31.2. The number of hydrogen-bond acceptors (Lipinski definition) is 10. The number of benzene rings is 2. The molecule has 2 atom stereocenters. The number of H-pyrrole nitrogens is 1. The SMILES string of the molecule is COc1cc2c(c(OC)c1OC)-c1ccc(N[C@H](CC(C)C)C(=O)N3CCN(Cc4nc5ccccc5c(=O)[nH]4)CC3)c(=O)cc1[C@@H](NC(C)=O)CC2. The fourth-order valence-corrected chi connectivity index (χ4v) is 7.48. The summed E-state index contributed by atoms with van der Waals surface area (Å²) >= 11 is 0. The second kappa shape index (κ2) is 16.1. The number of methoxy groups -OCH3 is 3. The number of amides is 2. The number of anilines is 1. The van der Waals surface area contributed by atoms with Crippen LogP contribution >= 0.6 is 0 Å². The van der Waals surface area contributed by atoms with Crippen molar-refractivity contribution in [2.75, 3.05) is 52.8 Å². The van der Waals surface area contributed by atoms with E-state index in [0.717, 1.165) is 11.1 Å². The van der Waals surface area contributed by atoms with Gasteiger partial charge in [-0.3, -0.25) is 24.1 Å². The summed E-state index contributed by atoms with van der Waals surface area (Å²) in [6, 6.07) is 13.2. The van der Waals surface area contributed by atoms with E-state index in [1.54, 1.807) is 39.5 Å². The maximum atomic E-state index is 14.1. The Labute approximate surface area is 308 Å². The second-order valence-electron chi connectivity index (χ2n) is 14.1. The summed E-state index contributed by atoms with van der Waals surface area (Å²) in [7, 11) is 4.67. The minimum Gasteiger partial charge on any atom is -0.493 e. The van der Waals surface area contributed by atoms with Crippen LogP contribution in [-0.4, -0.2) is 85.1 Å². The molecule has 4 aromatic rings. The minimum absolute atomic E-state index is 0.0805. The molecule has 6 rings (SSSR count). The molecule has 2 heterocycles. The summed E-state index contributed by atoms with van der Waals surface area (Å²) in [6.07, 6.45) is 1.64. The second-order valence-corrected chi connectivity index (χ2v) is 14.1. The molecule has 1 saturated heterocycles. The molecule has 53 heavy (non-hydrogen) atoms. The van der Waals surface area contributed by atoms with Gasteiger partial charge in [-0.1, -0.05) is 32.0 Å². The molecule has 1 aliphatic heterocycles. The Morgan fingerprint density at radius 1 is 0.962 bits per heavy atom. The highest BCUT2D eigenvalue weighted by molar-refractivity contribution is 5.86. The molecule has 0 bridgehead atoms. The smallest absolute Gasteiger partial charge is 0.258 e. The maximum Gasteiger partial charge on any atom is 0.258 e. The van der Waals surface area contributed by atoms with E-state index in [9.17, 15) is 19.2 Å². The molecule has 2 aliphatic rings. The number of carbonyl (C=O) groups excluding carboxylic acids is 2. The van der Waals surface area contributed by atoms with Gasteiger partial charge in [-0.05, 0) is 72.2 Å². The zero-order valence-electron chi connectivity index (χ0n) is 31.2. The topological polar surface area (TPSA) is 155 Å². The van der Waals surface area contributed by atoms with Gasteiger partial charge in [0.25, 0.3) is 5.56 Å². The number of piperazine rings is 1. The summed E-state index contributed by atoms with van der Waals surface area (Å²) in [4.78, 5) is 64.7. The number of carbonyl (C=O) groups is 2. The van der Waals surface area contributed by atoms with Crippen molar-refractivity contribution in [3.63, 3.8) is 0 Å². The number of aromatic nitrogens is 2. The van der Waals surface area contributed by atoms with E-state index in [-0.39, 0.29) is 34.4 Å². The third kappa shape index (κ3) is 7.99. The van der Waals surface area contributed by atoms with Crippen molar-refractivity contribution in [1.82, 2.24) is 25.1 Å². The van der Waals surface area contributed by atoms with Gasteiger partial charge in [-0.25, -0.2) is 4.98 Å². The van der Waals surface area contributed by atoms with Crippen molar-refractivity contribution in [2.45, 2.75) is 58.7 Å². The van der Waals surface area contributed by atoms with Gasteiger partial charge in [0, 0.05) is 38.7 Å². The number of aromatic amines is 1. The molecule has 1 aliphatic carbocycles. The number of hydrogen-bond donors (Lipinski definition) is 3. The quantitative estimate of drug-likeness (QED) is 0.204. The molecule has 1 fully saturated rings. The van der Waals surface area contributed by atoms with Crippen LogP contribution in [0.4, 0.5) is 5.69 Å². The number of rotatable bonds is 11.